The summed E-state index contributed by atoms with van der Waals surface area (Å²) >= 11 is 3.52. The average molecular weight is 330 g/mol. The van der Waals surface area contributed by atoms with Crippen LogP contribution in [0.4, 0.5) is 0 Å². The van der Waals surface area contributed by atoms with Crippen LogP contribution in [0.1, 0.15) is 11.1 Å². The number of hydrogen-bond donors (Lipinski definition) is 0. The van der Waals surface area contributed by atoms with Crippen molar-refractivity contribution < 1.29 is 0 Å². The van der Waals surface area contributed by atoms with Crippen molar-refractivity contribution in [3.8, 4) is 0 Å². The minimum atomic E-state index is 0.936. The van der Waals surface area contributed by atoms with Gasteiger partial charge in [-0.05, 0) is 11.1 Å². The number of nitrogens with zero attached hydrogens (tertiary/aromatic N) is 4. The van der Waals surface area contributed by atoms with Gasteiger partial charge in [-0.15, -0.1) is 0 Å². The smallest absolute Gasteiger partial charge is 0.167 e. The van der Waals surface area contributed by atoms with Crippen molar-refractivity contribution in [2.75, 3.05) is 0 Å². The molecule has 1 aromatic carbocycles. The van der Waals surface area contributed by atoms with Gasteiger partial charge in [0.05, 0.1) is 0 Å². The Hall–Kier alpha value is -1.66. The summed E-state index contributed by atoms with van der Waals surface area (Å²) in [5.74, 6) is 1.87. The fourth-order valence-corrected chi connectivity index (χ4v) is 3.84. The molecule has 114 valence electrons. The SMILES string of the molecule is Cn1ccnc1SCc1cccc(CSc2nccn2C)c1. The second kappa shape index (κ2) is 7.07. The molecule has 2 heterocycles. The molecule has 3 aromatic rings. The average Bonchev–Trinajstić information content (AvgIpc) is 3.12. The number of benzene rings is 1. The molecule has 0 aliphatic heterocycles. The highest BCUT2D eigenvalue weighted by atomic mass is 32.2. The molecule has 0 atom stereocenters. The lowest BCUT2D eigenvalue weighted by Gasteiger charge is -2.06. The van der Waals surface area contributed by atoms with E-state index in [-0.39, 0.29) is 0 Å². The first kappa shape index (κ1) is 15.2. The van der Waals surface area contributed by atoms with Crippen molar-refractivity contribution in [3.05, 3.63) is 60.2 Å². The van der Waals surface area contributed by atoms with Crippen LogP contribution in [-0.2, 0) is 25.6 Å². The van der Waals surface area contributed by atoms with Gasteiger partial charge in [0.2, 0.25) is 0 Å². The Bertz CT molecular complexity index is 688. The van der Waals surface area contributed by atoms with Crippen molar-refractivity contribution in [3.63, 3.8) is 0 Å². The van der Waals surface area contributed by atoms with Crippen LogP contribution in [0.25, 0.3) is 0 Å². The Labute approximate surface area is 139 Å². The normalized spacial score (nSPS) is 11.0. The lowest BCUT2D eigenvalue weighted by Crippen LogP contribution is -1.92. The first-order valence-corrected chi connectivity index (χ1v) is 8.97. The highest BCUT2D eigenvalue weighted by Crippen LogP contribution is 2.24. The van der Waals surface area contributed by atoms with E-state index in [1.807, 2.05) is 48.0 Å². The number of aryl methyl sites for hydroxylation is 2. The van der Waals surface area contributed by atoms with Crippen LogP contribution in [-0.4, -0.2) is 19.1 Å². The predicted octanol–water partition coefficient (Wildman–Crippen LogP) is 3.74. The maximum Gasteiger partial charge on any atom is 0.167 e. The van der Waals surface area contributed by atoms with Gasteiger partial charge in [-0.25, -0.2) is 9.97 Å². The molecule has 22 heavy (non-hydrogen) atoms. The summed E-state index contributed by atoms with van der Waals surface area (Å²) in [6.45, 7) is 0. The molecule has 0 saturated heterocycles. The monoisotopic (exact) mass is 330 g/mol. The number of aromatic nitrogens is 4. The molecule has 0 bridgehead atoms. The van der Waals surface area contributed by atoms with E-state index in [1.54, 1.807) is 23.5 Å². The number of hydrogen-bond acceptors (Lipinski definition) is 4. The van der Waals surface area contributed by atoms with Gasteiger partial charge in [-0.3, -0.25) is 0 Å². The lowest BCUT2D eigenvalue weighted by molar-refractivity contribution is 0.789. The summed E-state index contributed by atoms with van der Waals surface area (Å²) in [6.07, 6.45) is 7.62. The van der Waals surface area contributed by atoms with Crippen LogP contribution >= 0.6 is 23.5 Å². The van der Waals surface area contributed by atoms with Gasteiger partial charge in [-0.1, -0.05) is 47.8 Å². The zero-order valence-electron chi connectivity index (χ0n) is 12.6. The van der Waals surface area contributed by atoms with Crippen LogP contribution in [0.15, 0.2) is 59.4 Å². The van der Waals surface area contributed by atoms with Crippen LogP contribution in [0.5, 0.6) is 0 Å². The third kappa shape index (κ3) is 3.75. The van der Waals surface area contributed by atoms with E-state index >= 15 is 0 Å². The summed E-state index contributed by atoms with van der Waals surface area (Å²) in [5, 5.41) is 2.10. The summed E-state index contributed by atoms with van der Waals surface area (Å²) in [6, 6.07) is 8.74. The van der Waals surface area contributed by atoms with E-state index in [4.69, 9.17) is 0 Å². The predicted molar refractivity (Wildman–Crippen MR) is 92.0 cm³/mol. The van der Waals surface area contributed by atoms with Gasteiger partial charge < -0.3 is 9.13 Å². The van der Waals surface area contributed by atoms with Crippen molar-refractivity contribution in [2.24, 2.45) is 14.1 Å². The van der Waals surface area contributed by atoms with Crippen molar-refractivity contribution in [1.29, 1.82) is 0 Å². The largest absolute Gasteiger partial charge is 0.329 e. The standard InChI is InChI=1S/C16H18N4S2/c1-19-8-6-17-15(19)21-11-13-4-3-5-14(10-13)12-22-16-18-7-9-20(16)2/h3-10H,11-12H2,1-2H3. The molecule has 0 unspecified atom stereocenters. The maximum atomic E-state index is 4.34. The van der Waals surface area contributed by atoms with E-state index in [0.29, 0.717) is 0 Å². The van der Waals surface area contributed by atoms with Gasteiger partial charge in [0, 0.05) is 50.4 Å². The molecule has 0 spiro atoms. The third-order valence-electron chi connectivity index (χ3n) is 3.28. The summed E-state index contributed by atoms with van der Waals surface area (Å²) in [4.78, 5) is 8.69. The molecule has 0 amide bonds. The van der Waals surface area contributed by atoms with Crippen LogP contribution in [0.2, 0.25) is 0 Å². The number of rotatable bonds is 6. The maximum absolute atomic E-state index is 4.34. The van der Waals surface area contributed by atoms with E-state index in [2.05, 4.69) is 34.2 Å². The summed E-state index contributed by atoms with van der Waals surface area (Å²) in [5.41, 5.74) is 2.65. The molecule has 0 aliphatic carbocycles. The minimum Gasteiger partial charge on any atom is -0.329 e. The van der Waals surface area contributed by atoms with Crippen molar-refractivity contribution in [1.82, 2.24) is 19.1 Å². The van der Waals surface area contributed by atoms with E-state index < -0.39 is 0 Å². The van der Waals surface area contributed by atoms with E-state index in [9.17, 15) is 0 Å². The van der Waals surface area contributed by atoms with Gasteiger partial charge in [0.1, 0.15) is 0 Å². The molecular weight excluding hydrogens is 312 g/mol. The first-order valence-electron chi connectivity index (χ1n) is 7.00. The molecule has 6 heteroatoms. The minimum absolute atomic E-state index is 0.936. The molecule has 0 saturated carbocycles. The molecule has 0 fully saturated rings. The van der Waals surface area contributed by atoms with Gasteiger partial charge in [-0.2, -0.15) is 0 Å². The lowest BCUT2D eigenvalue weighted by atomic mass is 10.2. The second-order valence-corrected chi connectivity index (χ2v) is 6.92. The Morgan fingerprint density at radius 1 is 0.864 bits per heavy atom. The molecule has 0 radical (unpaired) electrons. The Morgan fingerprint density at radius 2 is 1.36 bits per heavy atom. The highest BCUT2D eigenvalue weighted by Gasteiger charge is 2.04. The molecule has 0 aliphatic rings. The van der Waals surface area contributed by atoms with Crippen LogP contribution in [0.3, 0.4) is 0 Å². The van der Waals surface area contributed by atoms with Crippen molar-refractivity contribution >= 4 is 23.5 Å². The van der Waals surface area contributed by atoms with Gasteiger partial charge in [0.25, 0.3) is 0 Å². The summed E-state index contributed by atoms with van der Waals surface area (Å²) in [7, 11) is 4.05. The fraction of sp³-hybridized carbons (Fsp3) is 0.250. The van der Waals surface area contributed by atoms with Gasteiger partial charge >= 0.3 is 0 Å². The zero-order chi connectivity index (χ0) is 15.4. The quantitative estimate of drug-likeness (QED) is 0.645. The molecule has 0 N–H and O–H groups in total. The van der Waals surface area contributed by atoms with Gasteiger partial charge in [0.15, 0.2) is 10.3 Å². The highest BCUT2D eigenvalue weighted by molar-refractivity contribution is 7.98. The number of thioether (sulfide) groups is 2. The Kier molecular flexibility index (Phi) is 4.90. The Morgan fingerprint density at radius 3 is 1.77 bits per heavy atom. The summed E-state index contributed by atoms with van der Waals surface area (Å²) < 4.78 is 4.09. The fourth-order valence-electron chi connectivity index (χ4n) is 2.09. The topological polar surface area (TPSA) is 35.6 Å². The van der Waals surface area contributed by atoms with Crippen LogP contribution < -0.4 is 0 Å². The number of imidazole rings is 2. The Balaban J connectivity index is 1.60. The van der Waals surface area contributed by atoms with E-state index in [1.165, 1.54) is 11.1 Å². The van der Waals surface area contributed by atoms with Crippen LogP contribution in [0, 0.1) is 0 Å². The molecular formula is C16H18N4S2. The molecule has 3 rings (SSSR count). The molecule has 2 aromatic heterocycles. The van der Waals surface area contributed by atoms with Crippen molar-refractivity contribution in [2.45, 2.75) is 21.8 Å². The third-order valence-corrected chi connectivity index (χ3v) is 5.54. The van der Waals surface area contributed by atoms with E-state index in [0.717, 1.165) is 21.8 Å². The second-order valence-electron chi connectivity index (χ2n) is 5.04. The first-order chi connectivity index (χ1) is 10.7. The zero-order valence-corrected chi connectivity index (χ0v) is 14.3. The molecule has 4 nitrogen and oxygen atoms in total.